The van der Waals surface area contributed by atoms with Gasteiger partial charge in [-0.3, -0.25) is 0 Å². The second-order valence-electron chi connectivity index (χ2n) is 6.42. The van der Waals surface area contributed by atoms with Crippen molar-refractivity contribution in [3.05, 3.63) is 59.9 Å². The van der Waals surface area contributed by atoms with Crippen molar-refractivity contribution in [2.45, 2.75) is 39.2 Å². The molecule has 0 amide bonds. The zero-order chi connectivity index (χ0) is 17.1. The maximum Gasteiger partial charge on any atom is 0.409 e. The molecule has 0 saturated heterocycles. The number of hydrogen-bond acceptors (Lipinski definition) is 3. The molecule has 1 aliphatic carbocycles. The highest BCUT2D eigenvalue weighted by Gasteiger charge is 2.28. The Labute approximate surface area is 143 Å². The SMILES string of the molecule is CCN(c1ccc(CN(B(C)O)c2ccc(F)cc2)cc1)C1CC1. The van der Waals surface area contributed by atoms with Crippen molar-refractivity contribution >= 4 is 18.4 Å². The van der Waals surface area contributed by atoms with Gasteiger partial charge in [0.05, 0.1) is 0 Å². The Bertz CT molecular complexity index is 656. The van der Waals surface area contributed by atoms with Crippen molar-refractivity contribution in [1.29, 1.82) is 0 Å². The van der Waals surface area contributed by atoms with Gasteiger partial charge in [0.2, 0.25) is 0 Å². The van der Waals surface area contributed by atoms with Crippen LogP contribution in [0.1, 0.15) is 25.3 Å². The van der Waals surface area contributed by atoms with Gasteiger partial charge in [-0.2, -0.15) is 0 Å². The molecule has 0 aromatic heterocycles. The van der Waals surface area contributed by atoms with Crippen LogP contribution in [0.15, 0.2) is 48.5 Å². The molecule has 3 nitrogen and oxygen atoms in total. The van der Waals surface area contributed by atoms with Crippen molar-refractivity contribution in [1.82, 2.24) is 0 Å². The van der Waals surface area contributed by atoms with Gasteiger partial charge in [0.1, 0.15) is 5.82 Å². The van der Waals surface area contributed by atoms with E-state index in [9.17, 15) is 9.41 Å². The number of benzene rings is 2. The smallest absolute Gasteiger partial charge is 0.409 e. The van der Waals surface area contributed by atoms with E-state index in [1.807, 2.05) is 4.81 Å². The molecular weight excluding hydrogens is 302 g/mol. The predicted molar refractivity (Wildman–Crippen MR) is 98.9 cm³/mol. The van der Waals surface area contributed by atoms with Crippen LogP contribution in [0.2, 0.25) is 6.82 Å². The third kappa shape index (κ3) is 3.90. The summed E-state index contributed by atoms with van der Waals surface area (Å²) in [5.74, 6) is -0.270. The first-order valence-electron chi connectivity index (χ1n) is 8.64. The quantitative estimate of drug-likeness (QED) is 0.781. The van der Waals surface area contributed by atoms with Crippen LogP contribution in [-0.2, 0) is 6.54 Å². The molecule has 2 aromatic carbocycles. The maximum atomic E-state index is 13.1. The molecule has 24 heavy (non-hydrogen) atoms. The molecule has 1 saturated carbocycles. The number of halogens is 1. The van der Waals surface area contributed by atoms with Crippen LogP contribution in [0.5, 0.6) is 0 Å². The highest BCUT2D eigenvalue weighted by molar-refractivity contribution is 6.53. The van der Waals surface area contributed by atoms with Gasteiger partial charge >= 0.3 is 7.05 Å². The van der Waals surface area contributed by atoms with E-state index < -0.39 is 7.05 Å². The number of rotatable bonds is 7. The molecule has 0 unspecified atom stereocenters. The van der Waals surface area contributed by atoms with Gasteiger partial charge < -0.3 is 14.7 Å². The molecule has 0 radical (unpaired) electrons. The largest absolute Gasteiger partial charge is 0.432 e. The highest BCUT2D eigenvalue weighted by atomic mass is 19.1. The first kappa shape index (κ1) is 16.8. The minimum Gasteiger partial charge on any atom is -0.432 e. The molecular formula is C19H24BFN2O. The Morgan fingerprint density at radius 1 is 1.04 bits per heavy atom. The van der Waals surface area contributed by atoms with Crippen molar-refractivity contribution in [2.24, 2.45) is 0 Å². The van der Waals surface area contributed by atoms with Gasteiger partial charge in [-0.05, 0) is 68.6 Å². The molecule has 1 N–H and O–H groups in total. The Morgan fingerprint density at radius 2 is 1.62 bits per heavy atom. The van der Waals surface area contributed by atoms with E-state index in [1.54, 1.807) is 19.0 Å². The number of anilines is 2. The fraction of sp³-hybridized carbons (Fsp3) is 0.368. The fourth-order valence-electron chi connectivity index (χ4n) is 3.10. The zero-order valence-electron chi connectivity index (χ0n) is 14.3. The normalized spacial score (nSPS) is 13.7. The van der Waals surface area contributed by atoms with Gasteiger partial charge in [-0.15, -0.1) is 0 Å². The molecule has 3 rings (SSSR count). The molecule has 126 valence electrons. The van der Waals surface area contributed by atoms with Crippen LogP contribution < -0.4 is 9.71 Å². The van der Waals surface area contributed by atoms with Gasteiger partial charge in [-0.1, -0.05) is 12.1 Å². The summed E-state index contributed by atoms with van der Waals surface area (Å²) in [6.07, 6.45) is 2.58. The summed E-state index contributed by atoms with van der Waals surface area (Å²) in [7, 11) is -0.645. The van der Waals surface area contributed by atoms with E-state index in [0.29, 0.717) is 12.6 Å². The first-order valence-corrected chi connectivity index (χ1v) is 8.64. The summed E-state index contributed by atoms with van der Waals surface area (Å²) < 4.78 is 13.1. The molecule has 1 fully saturated rings. The van der Waals surface area contributed by atoms with Gasteiger partial charge in [0, 0.05) is 30.5 Å². The van der Waals surface area contributed by atoms with Crippen LogP contribution in [-0.4, -0.2) is 24.7 Å². The first-order chi connectivity index (χ1) is 11.6. The van der Waals surface area contributed by atoms with Crippen molar-refractivity contribution in [3.8, 4) is 0 Å². The lowest BCUT2D eigenvalue weighted by atomic mass is 9.83. The van der Waals surface area contributed by atoms with Crippen LogP contribution in [0.4, 0.5) is 15.8 Å². The third-order valence-electron chi connectivity index (χ3n) is 4.56. The second kappa shape index (κ2) is 7.26. The predicted octanol–water partition coefficient (Wildman–Crippen LogP) is 3.93. The molecule has 0 atom stereocenters. The van der Waals surface area contributed by atoms with E-state index in [1.165, 1.54) is 30.7 Å². The van der Waals surface area contributed by atoms with Crippen LogP contribution in [0, 0.1) is 5.82 Å². The van der Waals surface area contributed by atoms with E-state index in [0.717, 1.165) is 17.8 Å². The average molecular weight is 326 g/mol. The van der Waals surface area contributed by atoms with Crippen LogP contribution in [0.25, 0.3) is 0 Å². The second-order valence-corrected chi connectivity index (χ2v) is 6.42. The summed E-state index contributed by atoms with van der Waals surface area (Å²) >= 11 is 0. The maximum absolute atomic E-state index is 13.1. The highest BCUT2D eigenvalue weighted by Crippen LogP contribution is 2.31. The topological polar surface area (TPSA) is 26.7 Å². The lowest BCUT2D eigenvalue weighted by Gasteiger charge is -2.27. The average Bonchev–Trinajstić information content (AvgIpc) is 3.40. The Hall–Kier alpha value is -2.01. The van der Waals surface area contributed by atoms with E-state index in [2.05, 4.69) is 36.1 Å². The van der Waals surface area contributed by atoms with Gasteiger partial charge in [-0.25, -0.2) is 4.39 Å². The minimum absolute atomic E-state index is 0.270. The third-order valence-corrected chi connectivity index (χ3v) is 4.56. The summed E-state index contributed by atoms with van der Waals surface area (Å²) in [5, 5.41) is 10.1. The van der Waals surface area contributed by atoms with Crippen LogP contribution in [0.3, 0.4) is 0 Å². The molecule has 0 spiro atoms. The zero-order valence-corrected chi connectivity index (χ0v) is 14.3. The molecule has 2 aromatic rings. The van der Waals surface area contributed by atoms with E-state index in [-0.39, 0.29) is 5.82 Å². The number of hydrogen-bond donors (Lipinski definition) is 1. The Kier molecular flexibility index (Phi) is 5.10. The Balaban J connectivity index is 1.74. The Morgan fingerprint density at radius 3 is 2.12 bits per heavy atom. The lowest BCUT2D eigenvalue weighted by Crippen LogP contribution is -2.36. The monoisotopic (exact) mass is 326 g/mol. The molecule has 0 aliphatic heterocycles. The van der Waals surface area contributed by atoms with E-state index in [4.69, 9.17) is 0 Å². The van der Waals surface area contributed by atoms with Gasteiger partial charge in [0.25, 0.3) is 0 Å². The lowest BCUT2D eigenvalue weighted by molar-refractivity contribution is 0.568. The molecule has 0 heterocycles. The van der Waals surface area contributed by atoms with Gasteiger partial charge in [0.15, 0.2) is 0 Å². The minimum atomic E-state index is -0.645. The molecule has 5 heteroatoms. The summed E-state index contributed by atoms with van der Waals surface area (Å²) in [5.41, 5.74) is 3.19. The van der Waals surface area contributed by atoms with Crippen molar-refractivity contribution < 1.29 is 9.41 Å². The fourth-order valence-corrected chi connectivity index (χ4v) is 3.10. The molecule has 0 bridgehead atoms. The summed E-state index contributed by atoms with van der Waals surface area (Å²) in [6, 6.07) is 15.5. The van der Waals surface area contributed by atoms with Crippen molar-refractivity contribution in [2.75, 3.05) is 16.3 Å². The number of nitrogens with zero attached hydrogens (tertiary/aromatic N) is 2. The van der Waals surface area contributed by atoms with Crippen molar-refractivity contribution in [3.63, 3.8) is 0 Å². The summed E-state index contributed by atoms with van der Waals surface area (Å²) in [6.45, 7) is 5.53. The van der Waals surface area contributed by atoms with Crippen LogP contribution >= 0.6 is 0 Å². The van der Waals surface area contributed by atoms with E-state index >= 15 is 0 Å². The molecule has 1 aliphatic rings. The standard InChI is InChI=1S/C19H24BFN2O/c1-3-22(18-12-13-18)17-8-4-15(5-9-17)14-23(20(2)24)19-10-6-16(21)7-11-19/h4-11,18,24H,3,12-14H2,1-2H3. The summed E-state index contributed by atoms with van der Waals surface area (Å²) in [4.78, 5) is 4.29.